The smallest absolute Gasteiger partial charge is 0.336 e. The molecule has 0 saturated heterocycles. The summed E-state index contributed by atoms with van der Waals surface area (Å²) in [5, 5.41) is 53.6. The van der Waals surface area contributed by atoms with Crippen molar-refractivity contribution in [2.75, 3.05) is 0 Å². The largest absolute Gasteiger partial charge is 0.478 e. The van der Waals surface area contributed by atoms with Crippen molar-refractivity contribution < 1.29 is 9.90 Å². The molecule has 0 aromatic heterocycles. The number of hydrogen-bond donors (Lipinski definition) is 1. The molecule has 1 N–H and O–H groups in total. The summed E-state index contributed by atoms with van der Waals surface area (Å²) < 4.78 is 0. The molecule has 8 nitrogen and oxygen atoms in total. The van der Waals surface area contributed by atoms with Crippen LogP contribution in [-0.4, -0.2) is 22.0 Å². The van der Waals surface area contributed by atoms with Gasteiger partial charge in [-0.1, -0.05) is 0 Å². The van der Waals surface area contributed by atoms with Crippen molar-refractivity contribution in [3.8, 4) is 30.5 Å². The van der Waals surface area contributed by atoms with E-state index >= 15 is 0 Å². The van der Waals surface area contributed by atoms with Crippen LogP contribution < -0.4 is 0 Å². The van der Waals surface area contributed by atoms with E-state index in [1.807, 2.05) is 0 Å². The lowest BCUT2D eigenvalue weighted by molar-refractivity contribution is -0.133. The van der Waals surface area contributed by atoms with Crippen molar-refractivity contribution in [1.29, 1.82) is 26.3 Å². The van der Waals surface area contributed by atoms with Gasteiger partial charge in [0.25, 0.3) is 0 Å². The van der Waals surface area contributed by atoms with Crippen molar-refractivity contribution in [3.63, 3.8) is 0 Å². The van der Waals surface area contributed by atoms with E-state index in [1.165, 1.54) is 30.5 Å². The van der Waals surface area contributed by atoms with E-state index in [1.54, 1.807) is 0 Å². The van der Waals surface area contributed by atoms with Crippen LogP contribution in [0, 0.1) is 56.8 Å². The highest BCUT2D eigenvalue weighted by Crippen LogP contribution is 2.31. The maximum Gasteiger partial charge on any atom is 0.336 e. The summed E-state index contributed by atoms with van der Waals surface area (Å²) in [5.41, 5.74) is -2.32. The summed E-state index contributed by atoms with van der Waals surface area (Å²) in [4.78, 5) is 11.6. The minimum absolute atomic E-state index is 0.503. The third-order valence-electron chi connectivity index (χ3n) is 2.32. The Hall–Kier alpha value is -3.80. The highest BCUT2D eigenvalue weighted by molar-refractivity contribution is 5.93. The van der Waals surface area contributed by atoms with Crippen LogP contribution in [0.2, 0.25) is 0 Å². The topological polar surface area (TPSA) is 159 Å². The number of carboxylic acids is 1. The zero-order valence-electron chi connectivity index (χ0n) is 9.12. The minimum atomic E-state index is -1.62. The van der Waals surface area contributed by atoms with Crippen LogP contribution in [0.15, 0.2) is 22.4 Å². The highest BCUT2D eigenvalue weighted by atomic mass is 16.4. The number of carboxylic acid groups (broad SMARTS) is 1. The van der Waals surface area contributed by atoms with Crippen LogP contribution >= 0.6 is 0 Å². The maximum atomic E-state index is 11.1. The molecule has 1 unspecified atom stereocenters. The summed E-state index contributed by atoms with van der Waals surface area (Å²) in [7, 11) is 0. The Labute approximate surface area is 107 Å². The number of rotatable bonds is 1. The van der Waals surface area contributed by atoms with Gasteiger partial charge in [-0.3, -0.25) is 0 Å². The van der Waals surface area contributed by atoms with E-state index < -0.39 is 34.4 Å². The van der Waals surface area contributed by atoms with Gasteiger partial charge in [-0.05, 0) is 0 Å². The van der Waals surface area contributed by atoms with Crippen molar-refractivity contribution in [1.82, 2.24) is 4.90 Å². The third-order valence-corrected chi connectivity index (χ3v) is 2.32. The number of nitrogens with zero attached hydrogens (tertiary/aromatic N) is 6. The molecule has 0 radical (unpaired) electrons. The lowest BCUT2D eigenvalue weighted by Gasteiger charge is -2.26. The van der Waals surface area contributed by atoms with Crippen molar-refractivity contribution in [2.24, 2.45) is 0 Å². The first kappa shape index (κ1) is 13.3. The predicted octanol–water partition coefficient (Wildman–Crippen LogP) is -0.119. The van der Waals surface area contributed by atoms with Crippen LogP contribution in [0.3, 0.4) is 0 Å². The average molecular weight is 250 g/mol. The number of nitriles is 5. The van der Waals surface area contributed by atoms with Gasteiger partial charge in [0.05, 0.1) is 17.2 Å². The molecule has 88 valence electrons. The SMILES string of the molecule is N#CC1=C(C(=O)O)C(C#N)N(C#N)C(C#N)=C1C#N. The molecule has 1 rings (SSSR count). The van der Waals surface area contributed by atoms with Gasteiger partial charge in [0, 0.05) is 0 Å². The van der Waals surface area contributed by atoms with Gasteiger partial charge in [0.2, 0.25) is 0 Å². The fourth-order valence-corrected chi connectivity index (χ4v) is 1.56. The van der Waals surface area contributed by atoms with E-state index in [2.05, 4.69) is 0 Å². The number of allylic oxidation sites excluding steroid dienone is 3. The Kier molecular flexibility index (Phi) is 3.51. The van der Waals surface area contributed by atoms with E-state index in [4.69, 9.17) is 31.4 Å². The summed E-state index contributed by atoms with van der Waals surface area (Å²) in [6.07, 6.45) is 1.47. The van der Waals surface area contributed by atoms with Crippen LogP contribution in [0.25, 0.3) is 0 Å². The Morgan fingerprint density at radius 1 is 1.05 bits per heavy atom. The number of hydrogen-bond acceptors (Lipinski definition) is 7. The lowest BCUT2D eigenvalue weighted by atomic mass is 9.90. The van der Waals surface area contributed by atoms with Crippen LogP contribution in [0.5, 0.6) is 0 Å². The highest BCUT2D eigenvalue weighted by Gasteiger charge is 2.39. The van der Waals surface area contributed by atoms with Crippen LogP contribution in [-0.2, 0) is 4.79 Å². The van der Waals surface area contributed by atoms with Gasteiger partial charge in [-0.2, -0.15) is 26.3 Å². The number of aliphatic carboxylic acids is 1. The van der Waals surface area contributed by atoms with Gasteiger partial charge in [-0.15, -0.1) is 0 Å². The monoisotopic (exact) mass is 250 g/mol. The van der Waals surface area contributed by atoms with E-state index in [-0.39, 0.29) is 0 Å². The molecule has 1 heterocycles. The van der Waals surface area contributed by atoms with Gasteiger partial charge < -0.3 is 5.11 Å². The second kappa shape index (κ2) is 5.02. The van der Waals surface area contributed by atoms with Crippen molar-refractivity contribution in [3.05, 3.63) is 22.4 Å². The first-order chi connectivity index (χ1) is 9.06. The lowest BCUT2D eigenvalue weighted by Crippen LogP contribution is -2.38. The molecular weight excluding hydrogens is 248 g/mol. The predicted molar refractivity (Wildman–Crippen MR) is 55.4 cm³/mol. The van der Waals surface area contributed by atoms with Crippen molar-refractivity contribution >= 4 is 5.97 Å². The fourth-order valence-electron chi connectivity index (χ4n) is 1.56. The van der Waals surface area contributed by atoms with Gasteiger partial charge in [0.15, 0.2) is 12.2 Å². The molecule has 0 aromatic carbocycles. The molecule has 0 fully saturated rings. The molecule has 0 saturated carbocycles. The maximum absolute atomic E-state index is 11.1. The van der Waals surface area contributed by atoms with E-state index in [0.29, 0.717) is 4.90 Å². The third kappa shape index (κ3) is 1.81. The molecule has 1 atom stereocenters. The molecular formula is C11H2N6O2. The molecule has 1 aliphatic rings. The second-order valence-electron chi connectivity index (χ2n) is 3.15. The zero-order chi connectivity index (χ0) is 14.6. The van der Waals surface area contributed by atoms with Gasteiger partial charge in [-0.25, -0.2) is 9.69 Å². The van der Waals surface area contributed by atoms with E-state index in [9.17, 15) is 4.79 Å². The Morgan fingerprint density at radius 3 is 1.95 bits per heavy atom. The quantitative estimate of drug-likeness (QED) is 0.630. The molecule has 0 spiro atoms. The Bertz CT molecular complexity index is 726. The molecule has 0 amide bonds. The summed E-state index contributed by atoms with van der Waals surface area (Å²) in [6.45, 7) is 0. The van der Waals surface area contributed by atoms with Crippen molar-refractivity contribution in [2.45, 2.75) is 6.04 Å². The summed E-state index contributed by atoms with van der Waals surface area (Å²) in [5.74, 6) is -1.60. The molecule has 0 bridgehead atoms. The van der Waals surface area contributed by atoms with Gasteiger partial charge >= 0.3 is 5.97 Å². The normalized spacial score (nSPS) is 17.6. The standard InChI is InChI=1S/C11H2N6O2/c12-1-6-7(2-13)10(11(18)19)9(4-15)17(5-16)8(6)3-14/h9H,(H,18,19). The molecule has 0 aromatic rings. The van der Waals surface area contributed by atoms with Crippen LogP contribution in [0.4, 0.5) is 0 Å². The molecule has 19 heavy (non-hydrogen) atoms. The first-order valence-corrected chi connectivity index (χ1v) is 4.58. The molecule has 8 heteroatoms. The second-order valence-corrected chi connectivity index (χ2v) is 3.15. The molecule has 1 aliphatic heterocycles. The minimum Gasteiger partial charge on any atom is -0.478 e. The van der Waals surface area contributed by atoms with E-state index in [0.717, 1.165) is 0 Å². The fraction of sp³-hybridized carbons (Fsp3) is 0.0909. The average Bonchev–Trinajstić information content (AvgIpc) is 2.43. The Morgan fingerprint density at radius 2 is 1.63 bits per heavy atom. The first-order valence-electron chi connectivity index (χ1n) is 4.58. The number of carbonyl (C=O) groups is 1. The zero-order valence-corrected chi connectivity index (χ0v) is 9.12. The van der Waals surface area contributed by atoms with Gasteiger partial charge in [0.1, 0.15) is 29.5 Å². The summed E-state index contributed by atoms with van der Waals surface area (Å²) in [6, 6.07) is 4.43. The summed E-state index contributed by atoms with van der Waals surface area (Å²) >= 11 is 0. The Balaban J connectivity index is 3.86. The van der Waals surface area contributed by atoms with Crippen LogP contribution in [0.1, 0.15) is 0 Å². The molecule has 0 aliphatic carbocycles.